The highest BCUT2D eigenvalue weighted by atomic mass is 31.1. The summed E-state index contributed by atoms with van der Waals surface area (Å²) in [5, 5.41) is 10.7. The smallest absolute Gasteiger partial charge is 0.340 e. The first-order valence-electron chi connectivity index (χ1n) is 6.05. The van der Waals surface area contributed by atoms with Gasteiger partial charge in [0.1, 0.15) is 6.04 Å². The summed E-state index contributed by atoms with van der Waals surface area (Å²) in [5.74, 6) is -1.19. The summed E-state index contributed by atoms with van der Waals surface area (Å²) in [5.41, 5.74) is 5.39. The Morgan fingerprint density at radius 2 is 1.68 bits per heavy atom. The summed E-state index contributed by atoms with van der Waals surface area (Å²) in [4.78, 5) is 9.49. The van der Waals surface area contributed by atoms with Crippen LogP contribution in [0.2, 0.25) is 0 Å². The lowest BCUT2D eigenvalue weighted by Crippen LogP contribution is -2.51. The maximum Gasteiger partial charge on any atom is 0.340 e. The van der Waals surface area contributed by atoms with Crippen LogP contribution in [-0.2, 0) is 4.57 Å². The molecule has 0 aliphatic carbocycles. The van der Waals surface area contributed by atoms with Crippen molar-refractivity contribution in [1.82, 2.24) is 0 Å². The zero-order chi connectivity index (χ0) is 14.4. The molecule has 2 rings (SSSR count). The first kappa shape index (κ1) is 15.7. The second-order valence-corrected chi connectivity index (χ2v) is 5.70. The largest absolute Gasteiger partial charge is 0.593 e. The molecular formula is C14H19NO3P+. The number of hydrogen-bond donors (Lipinski definition) is 2. The molecule has 0 spiro atoms. The molecular weight excluding hydrogens is 261 g/mol. The van der Waals surface area contributed by atoms with Crippen LogP contribution < -0.4 is 10.6 Å². The summed E-state index contributed by atoms with van der Waals surface area (Å²) in [6, 6.07) is 15.2. The highest BCUT2D eigenvalue weighted by Crippen LogP contribution is 2.21. The van der Waals surface area contributed by atoms with E-state index in [1.54, 1.807) is 0 Å². The fraction of sp³-hybridized carbons (Fsp3) is 0.286. The van der Waals surface area contributed by atoms with Crippen molar-refractivity contribution < 1.29 is 20.3 Å². The van der Waals surface area contributed by atoms with Gasteiger partial charge < -0.3 is 15.7 Å². The van der Waals surface area contributed by atoms with Crippen molar-refractivity contribution in [3.8, 4) is 0 Å². The van der Waals surface area contributed by atoms with Crippen molar-refractivity contribution in [2.75, 3.05) is 0 Å². The Morgan fingerprint density at radius 1 is 1.16 bits per heavy atom. The molecule has 0 amide bonds. The van der Waals surface area contributed by atoms with Crippen molar-refractivity contribution in [3.05, 3.63) is 48.0 Å². The van der Waals surface area contributed by atoms with Gasteiger partial charge in [0.15, 0.2) is 0 Å². The molecule has 4 nitrogen and oxygen atoms in total. The number of aliphatic hydroxyl groups excluding tert-OH is 1. The van der Waals surface area contributed by atoms with Gasteiger partial charge in [-0.15, -0.1) is 0 Å². The number of rotatable bonds is 2. The highest BCUT2D eigenvalue weighted by Gasteiger charge is 2.06. The topological polar surface area (TPSA) is 88.0 Å². The number of benzene rings is 2. The Kier molecular flexibility index (Phi) is 6.06. The minimum Gasteiger partial charge on any atom is -0.593 e. The zero-order valence-corrected chi connectivity index (χ0v) is 12.0. The molecule has 19 heavy (non-hydrogen) atoms. The van der Waals surface area contributed by atoms with Crippen molar-refractivity contribution in [2.45, 2.75) is 25.7 Å². The predicted octanol–water partition coefficient (Wildman–Crippen LogP) is 1.57. The van der Waals surface area contributed by atoms with Gasteiger partial charge in [-0.2, -0.15) is 0 Å². The summed E-state index contributed by atoms with van der Waals surface area (Å²) < 4.78 is 9.49. The second kappa shape index (κ2) is 7.31. The first-order chi connectivity index (χ1) is 8.93. The van der Waals surface area contributed by atoms with Gasteiger partial charge in [0.25, 0.3) is 0 Å². The molecule has 3 atom stereocenters. The van der Waals surface area contributed by atoms with E-state index in [2.05, 4.69) is 55.1 Å². The van der Waals surface area contributed by atoms with Crippen LogP contribution in [0, 0.1) is 0 Å². The van der Waals surface area contributed by atoms with Crippen LogP contribution >= 0.6 is 8.03 Å². The van der Waals surface area contributed by atoms with Crippen LogP contribution in [-0.4, -0.2) is 11.0 Å². The second-order valence-electron chi connectivity index (χ2n) is 4.39. The third-order valence-electron chi connectivity index (χ3n) is 2.66. The van der Waals surface area contributed by atoms with E-state index in [1.165, 1.54) is 23.3 Å². The third kappa shape index (κ3) is 4.69. The molecule has 0 aromatic heterocycles. The van der Waals surface area contributed by atoms with Crippen LogP contribution in [0.4, 0.5) is 0 Å². The SMILES string of the molecule is CC(O)[P+](=O)[O-].CC([NH3+])c1cccc2ccccc12. The number of aliphatic hydroxyl groups is 1. The van der Waals surface area contributed by atoms with Crippen LogP contribution in [0.15, 0.2) is 42.5 Å². The lowest BCUT2D eigenvalue weighted by molar-refractivity contribution is -0.420. The van der Waals surface area contributed by atoms with Crippen molar-refractivity contribution in [3.63, 3.8) is 0 Å². The lowest BCUT2D eigenvalue weighted by atomic mass is 10.0. The van der Waals surface area contributed by atoms with Gasteiger partial charge in [0.05, 0.1) is 0 Å². The van der Waals surface area contributed by atoms with E-state index in [4.69, 9.17) is 5.11 Å². The predicted molar refractivity (Wildman–Crippen MR) is 74.5 cm³/mol. The first-order valence-corrected chi connectivity index (χ1v) is 7.30. The van der Waals surface area contributed by atoms with Crippen LogP contribution in [0.25, 0.3) is 10.8 Å². The number of hydrogen-bond acceptors (Lipinski definition) is 3. The molecule has 102 valence electrons. The Labute approximate surface area is 113 Å². The molecule has 0 heterocycles. The Hall–Kier alpha value is -1.32. The summed E-state index contributed by atoms with van der Waals surface area (Å²) in [7, 11) is -2.60. The monoisotopic (exact) mass is 280 g/mol. The van der Waals surface area contributed by atoms with Gasteiger partial charge in [-0.05, 0) is 17.7 Å². The molecule has 0 fully saturated rings. The highest BCUT2D eigenvalue weighted by molar-refractivity contribution is 7.36. The maximum absolute atomic E-state index is 9.49. The molecule has 4 N–H and O–H groups in total. The molecule has 0 radical (unpaired) electrons. The average molecular weight is 280 g/mol. The van der Waals surface area contributed by atoms with E-state index in [1.807, 2.05) is 0 Å². The molecule has 0 saturated heterocycles. The zero-order valence-electron chi connectivity index (χ0n) is 11.1. The number of fused-ring (bicyclic) bond motifs is 1. The summed E-state index contributed by atoms with van der Waals surface area (Å²) in [6.07, 6.45) is 0. The maximum atomic E-state index is 9.49. The van der Waals surface area contributed by atoms with E-state index < -0.39 is 13.9 Å². The molecule has 0 saturated carbocycles. The van der Waals surface area contributed by atoms with E-state index in [9.17, 15) is 9.46 Å². The van der Waals surface area contributed by atoms with Gasteiger partial charge in [-0.25, -0.2) is 0 Å². The molecule has 0 aliphatic rings. The fourth-order valence-electron chi connectivity index (χ4n) is 1.68. The van der Waals surface area contributed by atoms with Crippen LogP contribution in [0.5, 0.6) is 0 Å². The number of quaternary nitrogens is 1. The van der Waals surface area contributed by atoms with Crippen molar-refractivity contribution in [1.29, 1.82) is 0 Å². The Bertz CT molecular complexity index is 550. The fourth-order valence-corrected chi connectivity index (χ4v) is 1.68. The Balaban J connectivity index is 0.000000258. The molecule has 5 heteroatoms. The van der Waals surface area contributed by atoms with E-state index in [0.29, 0.717) is 6.04 Å². The van der Waals surface area contributed by atoms with E-state index in [0.717, 1.165) is 0 Å². The van der Waals surface area contributed by atoms with E-state index >= 15 is 0 Å². The molecule has 0 aliphatic heterocycles. The van der Waals surface area contributed by atoms with Gasteiger partial charge in [-0.3, -0.25) is 0 Å². The van der Waals surface area contributed by atoms with Crippen LogP contribution in [0.3, 0.4) is 0 Å². The third-order valence-corrected chi connectivity index (χ3v) is 3.27. The van der Waals surface area contributed by atoms with Gasteiger partial charge in [0, 0.05) is 12.5 Å². The molecule has 2 aromatic rings. The molecule has 0 bridgehead atoms. The quantitative estimate of drug-likeness (QED) is 0.818. The molecule has 2 aromatic carbocycles. The lowest BCUT2D eigenvalue weighted by Gasteiger charge is -2.06. The minimum atomic E-state index is -2.60. The average Bonchev–Trinajstić information content (AvgIpc) is 2.38. The minimum absolute atomic E-state index is 0.353. The van der Waals surface area contributed by atoms with Crippen LogP contribution in [0.1, 0.15) is 25.5 Å². The Morgan fingerprint density at radius 3 is 2.21 bits per heavy atom. The summed E-state index contributed by atoms with van der Waals surface area (Å²) in [6.45, 7) is 3.33. The van der Waals surface area contributed by atoms with Gasteiger partial charge in [-0.1, -0.05) is 47.0 Å². The molecule has 3 unspecified atom stereocenters. The normalized spacial score (nSPS) is 14.3. The summed E-state index contributed by atoms with van der Waals surface area (Å²) >= 11 is 0. The van der Waals surface area contributed by atoms with Crippen molar-refractivity contribution in [2.24, 2.45) is 0 Å². The van der Waals surface area contributed by atoms with Gasteiger partial charge in [0.2, 0.25) is 5.85 Å². The van der Waals surface area contributed by atoms with Crippen molar-refractivity contribution >= 4 is 18.8 Å². The van der Waals surface area contributed by atoms with Gasteiger partial charge >= 0.3 is 8.03 Å². The standard InChI is InChI=1S/C12H13N.C2H5O3P/c1-9(13)11-8-4-6-10-5-2-3-7-12(10)11;1-2(3)6(4)5/h2-9H,13H2,1H3;2-3H,1H3/p+1. The van der Waals surface area contributed by atoms with E-state index in [-0.39, 0.29) is 0 Å².